The Morgan fingerprint density at radius 3 is 2.42 bits per heavy atom. The van der Waals surface area contributed by atoms with Gasteiger partial charge in [0.05, 0.1) is 12.1 Å². The standard InChI is InChI=1S/C10H14N2/c1-9(8-12)4-5-10(2,3)6-7-11/h4H,5-6H2,1-3H3. The minimum atomic E-state index is -0.00708. The molecular formula is C10H14N2. The molecular weight excluding hydrogens is 148 g/mol. The zero-order chi connectivity index (χ0) is 9.61. The zero-order valence-corrected chi connectivity index (χ0v) is 7.89. The topological polar surface area (TPSA) is 47.6 Å². The molecule has 0 heterocycles. The van der Waals surface area contributed by atoms with Crippen LogP contribution in [0, 0.1) is 28.1 Å². The van der Waals surface area contributed by atoms with Gasteiger partial charge in [-0.15, -0.1) is 0 Å². The highest BCUT2D eigenvalue weighted by Gasteiger charge is 2.15. The molecule has 0 rings (SSSR count). The van der Waals surface area contributed by atoms with Crippen LogP contribution in [0.4, 0.5) is 0 Å². The van der Waals surface area contributed by atoms with Crippen LogP contribution in [-0.4, -0.2) is 0 Å². The molecule has 0 aromatic carbocycles. The third-order valence-corrected chi connectivity index (χ3v) is 1.69. The Hall–Kier alpha value is -1.28. The van der Waals surface area contributed by atoms with Crippen molar-refractivity contribution in [3.8, 4) is 12.1 Å². The molecule has 0 saturated heterocycles. The Balaban J connectivity index is 4.11. The van der Waals surface area contributed by atoms with Crippen LogP contribution in [0.1, 0.15) is 33.6 Å². The van der Waals surface area contributed by atoms with Crippen LogP contribution in [0.15, 0.2) is 11.6 Å². The maximum atomic E-state index is 8.49. The molecule has 0 bridgehead atoms. The van der Waals surface area contributed by atoms with E-state index in [4.69, 9.17) is 10.5 Å². The lowest BCUT2D eigenvalue weighted by molar-refractivity contribution is 0.381. The van der Waals surface area contributed by atoms with E-state index in [2.05, 4.69) is 12.1 Å². The SMILES string of the molecule is CC(C#N)=CCC(C)(C)CC#N. The summed E-state index contributed by atoms with van der Waals surface area (Å²) in [5, 5.41) is 17.0. The minimum Gasteiger partial charge on any atom is -0.198 e. The third-order valence-electron chi connectivity index (χ3n) is 1.69. The van der Waals surface area contributed by atoms with Crippen LogP contribution in [-0.2, 0) is 0 Å². The first kappa shape index (κ1) is 10.7. The summed E-state index contributed by atoms with van der Waals surface area (Å²) >= 11 is 0. The molecule has 0 spiro atoms. The molecule has 0 aromatic heterocycles. The second-order valence-electron chi connectivity index (χ2n) is 3.70. The smallest absolute Gasteiger partial charge is 0.0940 e. The van der Waals surface area contributed by atoms with E-state index in [0.717, 1.165) is 12.0 Å². The van der Waals surface area contributed by atoms with E-state index in [1.807, 2.05) is 19.9 Å². The van der Waals surface area contributed by atoms with Gasteiger partial charge in [0.2, 0.25) is 0 Å². The summed E-state index contributed by atoms with van der Waals surface area (Å²) in [6, 6.07) is 4.20. The highest BCUT2D eigenvalue weighted by atomic mass is 14.3. The van der Waals surface area contributed by atoms with Crippen LogP contribution >= 0.6 is 0 Å². The van der Waals surface area contributed by atoms with E-state index in [0.29, 0.717) is 6.42 Å². The van der Waals surface area contributed by atoms with Crippen molar-refractivity contribution in [3.05, 3.63) is 11.6 Å². The molecule has 0 N–H and O–H groups in total. The number of nitrogens with zero attached hydrogens (tertiary/aromatic N) is 2. The summed E-state index contributed by atoms with van der Waals surface area (Å²) in [5.41, 5.74) is 0.716. The lowest BCUT2D eigenvalue weighted by atomic mass is 9.86. The lowest BCUT2D eigenvalue weighted by Crippen LogP contribution is -2.08. The van der Waals surface area contributed by atoms with Crippen molar-refractivity contribution in [1.29, 1.82) is 10.5 Å². The van der Waals surface area contributed by atoms with Crippen LogP contribution in [0.5, 0.6) is 0 Å². The van der Waals surface area contributed by atoms with E-state index in [1.54, 1.807) is 6.92 Å². The van der Waals surface area contributed by atoms with Gasteiger partial charge in [-0.3, -0.25) is 0 Å². The summed E-state index contributed by atoms with van der Waals surface area (Å²) in [6.45, 7) is 5.83. The van der Waals surface area contributed by atoms with Gasteiger partial charge in [0.25, 0.3) is 0 Å². The quantitative estimate of drug-likeness (QED) is 0.599. The van der Waals surface area contributed by atoms with E-state index in [-0.39, 0.29) is 5.41 Å². The first-order chi connectivity index (χ1) is 5.52. The molecule has 0 fully saturated rings. The second-order valence-corrected chi connectivity index (χ2v) is 3.70. The molecule has 12 heavy (non-hydrogen) atoms. The van der Waals surface area contributed by atoms with Gasteiger partial charge in [-0.05, 0) is 18.8 Å². The molecule has 0 atom stereocenters. The summed E-state index contributed by atoms with van der Waals surface area (Å²) in [7, 11) is 0. The zero-order valence-electron chi connectivity index (χ0n) is 7.89. The van der Waals surface area contributed by atoms with Crippen molar-refractivity contribution in [2.75, 3.05) is 0 Å². The summed E-state index contributed by atoms with van der Waals surface area (Å²) in [4.78, 5) is 0. The van der Waals surface area contributed by atoms with E-state index in [1.165, 1.54) is 0 Å². The Labute approximate surface area is 74.1 Å². The molecule has 0 saturated carbocycles. The van der Waals surface area contributed by atoms with Crippen molar-refractivity contribution in [2.24, 2.45) is 5.41 Å². The molecule has 64 valence electrons. The van der Waals surface area contributed by atoms with Gasteiger partial charge >= 0.3 is 0 Å². The van der Waals surface area contributed by atoms with E-state index >= 15 is 0 Å². The highest BCUT2D eigenvalue weighted by molar-refractivity contribution is 5.17. The summed E-state index contributed by atoms with van der Waals surface area (Å²) in [5.74, 6) is 0. The predicted octanol–water partition coefficient (Wildman–Crippen LogP) is 2.79. The van der Waals surface area contributed by atoms with Gasteiger partial charge in [-0.1, -0.05) is 19.9 Å². The van der Waals surface area contributed by atoms with E-state index in [9.17, 15) is 0 Å². The Morgan fingerprint density at radius 2 is 2.00 bits per heavy atom. The van der Waals surface area contributed by atoms with Gasteiger partial charge < -0.3 is 0 Å². The minimum absolute atomic E-state index is 0.00708. The average molecular weight is 162 g/mol. The number of hydrogen-bond acceptors (Lipinski definition) is 2. The van der Waals surface area contributed by atoms with Crippen molar-refractivity contribution >= 4 is 0 Å². The van der Waals surface area contributed by atoms with Gasteiger partial charge in [-0.25, -0.2) is 0 Å². The average Bonchev–Trinajstić information content (AvgIpc) is 2.00. The maximum Gasteiger partial charge on any atom is 0.0940 e. The first-order valence-corrected chi connectivity index (χ1v) is 3.95. The molecule has 0 aliphatic rings. The summed E-state index contributed by atoms with van der Waals surface area (Å²) in [6.07, 6.45) is 3.21. The Bertz CT molecular complexity index is 248. The number of rotatable bonds is 3. The van der Waals surface area contributed by atoms with Crippen LogP contribution < -0.4 is 0 Å². The van der Waals surface area contributed by atoms with Crippen molar-refractivity contribution in [1.82, 2.24) is 0 Å². The van der Waals surface area contributed by atoms with Gasteiger partial charge in [0.15, 0.2) is 0 Å². The van der Waals surface area contributed by atoms with Crippen LogP contribution in [0.2, 0.25) is 0 Å². The first-order valence-electron chi connectivity index (χ1n) is 3.95. The monoisotopic (exact) mass is 162 g/mol. The predicted molar refractivity (Wildman–Crippen MR) is 48.0 cm³/mol. The van der Waals surface area contributed by atoms with Crippen molar-refractivity contribution < 1.29 is 0 Å². The summed E-state index contributed by atoms with van der Waals surface area (Å²) < 4.78 is 0. The fourth-order valence-corrected chi connectivity index (χ4v) is 0.761. The largest absolute Gasteiger partial charge is 0.198 e. The molecule has 0 aliphatic carbocycles. The molecule has 0 radical (unpaired) electrons. The molecule has 0 aliphatic heterocycles. The Kier molecular flexibility index (Phi) is 4.08. The lowest BCUT2D eigenvalue weighted by Gasteiger charge is -2.18. The number of allylic oxidation sites excluding steroid dienone is 2. The van der Waals surface area contributed by atoms with Crippen molar-refractivity contribution in [3.63, 3.8) is 0 Å². The van der Waals surface area contributed by atoms with Gasteiger partial charge in [0, 0.05) is 12.0 Å². The molecule has 2 nitrogen and oxygen atoms in total. The fraction of sp³-hybridized carbons (Fsp3) is 0.600. The Morgan fingerprint density at radius 1 is 1.42 bits per heavy atom. The second kappa shape index (κ2) is 4.57. The normalized spacial score (nSPS) is 11.9. The number of nitriles is 2. The molecule has 0 aromatic rings. The van der Waals surface area contributed by atoms with Gasteiger partial charge in [-0.2, -0.15) is 10.5 Å². The molecule has 2 heteroatoms. The molecule has 0 unspecified atom stereocenters. The van der Waals surface area contributed by atoms with E-state index < -0.39 is 0 Å². The maximum absolute atomic E-state index is 8.49. The fourth-order valence-electron chi connectivity index (χ4n) is 0.761. The van der Waals surface area contributed by atoms with Crippen LogP contribution in [0.25, 0.3) is 0 Å². The number of hydrogen-bond donors (Lipinski definition) is 0. The van der Waals surface area contributed by atoms with Crippen LogP contribution in [0.3, 0.4) is 0 Å². The highest BCUT2D eigenvalue weighted by Crippen LogP contribution is 2.25. The van der Waals surface area contributed by atoms with Crippen molar-refractivity contribution in [2.45, 2.75) is 33.6 Å². The molecule has 0 amide bonds. The third kappa shape index (κ3) is 4.52. The van der Waals surface area contributed by atoms with Gasteiger partial charge in [0.1, 0.15) is 0 Å².